The second-order valence-corrected chi connectivity index (χ2v) is 11.8. The van der Waals surface area contributed by atoms with E-state index in [2.05, 4.69) is 26.6 Å². The fourth-order valence-electron chi connectivity index (χ4n) is 4.99. The summed E-state index contributed by atoms with van der Waals surface area (Å²) in [6.45, 7) is 11.1. The number of nitrogens with one attached hydrogen (secondary N) is 5. The molecule has 5 N–H and O–H groups in total. The Kier molecular flexibility index (Phi) is 14.9. The van der Waals surface area contributed by atoms with Crippen molar-refractivity contribution in [3.63, 3.8) is 0 Å². The number of benzene rings is 3. The molecule has 10 heteroatoms. The van der Waals surface area contributed by atoms with Gasteiger partial charge in [0.1, 0.15) is 11.8 Å². The van der Waals surface area contributed by atoms with Gasteiger partial charge in [0.25, 0.3) is 11.8 Å². The van der Waals surface area contributed by atoms with Gasteiger partial charge in [0, 0.05) is 36.8 Å². The standard InChI is InChI=1S/C37H49N5O5/c1-6-38-37(46)33(25(3)4)42-34(43)26(5)40-24-31(22-28-12-9-8-10-13-28)41-36(45)30-15-11-14-29(23-30)35(44)39-21-20-27-16-18-32(19-17-27)47-7-2/h8-19,23,25-26,31,33,40H,6-7,20-22,24H2,1-5H3,(H,38,46)(H,39,44)(H,41,45)(H,42,43)/t26-,31-,33-/m0/s1. The number of ether oxygens (including phenoxy) is 1. The normalized spacial score (nSPS) is 12.8. The molecule has 0 aliphatic carbocycles. The van der Waals surface area contributed by atoms with Crippen molar-refractivity contribution in [1.82, 2.24) is 26.6 Å². The molecule has 0 unspecified atom stereocenters. The maximum Gasteiger partial charge on any atom is 0.251 e. The molecule has 3 aromatic carbocycles. The molecule has 3 atom stereocenters. The molecule has 47 heavy (non-hydrogen) atoms. The van der Waals surface area contributed by atoms with Crippen LogP contribution in [-0.2, 0) is 22.4 Å². The van der Waals surface area contributed by atoms with Crippen molar-refractivity contribution < 1.29 is 23.9 Å². The SMILES string of the molecule is CCNC(=O)[C@@H](NC(=O)[C@H](C)NC[C@H](Cc1ccccc1)NC(=O)c1cccc(C(=O)NCCc2ccc(OCC)cc2)c1)C(C)C. The first-order valence-electron chi connectivity index (χ1n) is 16.4. The lowest BCUT2D eigenvalue weighted by molar-refractivity contribution is -0.130. The highest BCUT2D eigenvalue weighted by Gasteiger charge is 2.26. The first-order valence-corrected chi connectivity index (χ1v) is 16.4. The molecular weight excluding hydrogens is 594 g/mol. The number of likely N-dealkylation sites (N-methyl/N-ethyl adjacent to an activating group) is 1. The van der Waals surface area contributed by atoms with E-state index in [1.807, 2.05) is 82.3 Å². The van der Waals surface area contributed by atoms with Crippen molar-refractivity contribution in [2.24, 2.45) is 5.92 Å². The molecule has 0 heterocycles. The minimum absolute atomic E-state index is 0.0843. The Bertz CT molecular complexity index is 1450. The van der Waals surface area contributed by atoms with Gasteiger partial charge in [0.2, 0.25) is 11.8 Å². The van der Waals surface area contributed by atoms with Gasteiger partial charge in [0.05, 0.1) is 12.6 Å². The average molecular weight is 644 g/mol. The second-order valence-electron chi connectivity index (χ2n) is 11.8. The van der Waals surface area contributed by atoms with Crippen LogP contribution in [0.25, 0.3) is 0 Å². The third-order valence-corrected chi connectivity index (χ3v) is 7.64. The molecule has 0 radical (unpaired) electrons. The van der Waals surface area contributed by atoms with E-state index >= 15 is 0 Å². The van der Waals surface area contributed by atoms with Crippen LogP contribution in [0.2, 0.25) is 0 Å². The molecule has 0 bridgehead atoms. The summed E-state index contributed by atoms with van der Waals surface area (Å²) in [6.07, 6.45) is 1.18. The van der Waals surface area contributed by atoms with Gasteiger partial charge in [-0.3, -0.25) is 19.2 Å². The molecule has 0 aliphatic heterocycles. The van der Waals surface area contributed by atoms with Crippen molar-refractivity contribution in [2.45, 2.75) is 65.6 Å². The fourth-order valence-corrected chi connectivity index (χ4v) is 4.99. The zero-order chi connectivity index (χ0) is 34.2. The lowest BCUT2D eigenvalue weighted by Crippen LogP contribution is -2.55. The van der Waals surface area contributed by atoms with E-state index in [0.717, 1.165) is 16.9 Å². The van der Waals surface area contributed by atoms with E-state index in [1.165, 1.54) is 0 Å². The second kappa shape index (κ2) is 19.1. The number of hydrogen-bond acceptors (Lipinski definition) is 6. The van der Waals surface area contributed by atoms with Crippen molar-refractivity contribution in [3.8, 4) is 5.75 Å². The van der Waals surface area contributed by atoms with Crippen molar-refractivity contribution in [3.05, 3.63) is 101 Å². The number of carbonyl (C=O) groups is 4. The van der Waals surface area contributed by atoms with Crippen molar-refractivity contribution in [1.29, 1.82) is 0 Å². The van der Waals surface area contributed by atoms with Crippen LogP contribution in [0.1, 0.15) is 66.5 Å². The van der Waals surface area contributed by atoms with Crippen molar-refractivity contribution >= 4 is 23.6 Å². The van der Waals surface area contributed by atoms with E-state index in [9.17, 15) is 19.2 Å². The third kappa shape index (κ3) is 12.2. The van der Waals surface area contributed by atoms with Gasteiger partial charge in [-0.25, -0.2) is 0 Å². The molecule has 0 fully saturated rings. The van der Waals surface area contributed by atoms with Crippen LogP contribution in [0.4, 0.5) is 0 Å². The summed E-state index contributed by atoms with van der Waals surface area (Å²) < 4.78 is 5.48. The van der Waals surface area contributed by atoms with Gasteiger partial charge >= 0.3 is 0 Å². The van der Waals surface area contributed by atoms with E-state index < -0.39 is 12.1 Å². The Morgan fingerprint density at radius 1 is 0.723 bits per heavy atom. The van der Waals surface area contributed by atoms with Crippen LogP contribution < -0.4 is 31.3 Å². The number of hydrogen-bond donors (Lipinski definition) is 5. The minimum atomic E-state index is -0.650. The molecule has 0 aromatic heterocycles. The molecule has 0 aliphatic rings. The van der Waals surface area contributed by atoms with Gasteiger partial charge in [-0.15, -0.1) is 0 Å². The summed E-state index contributed by atoms with van der Waals surface area (Å²) in [6, 6.07) is 22.5. The molecule has 0 saturated heterocycles. The fraction of sp³-hybridized carbons (Fsp3) is 0.405. The van der Waals surface area contributed by atoms with Gasteiger partial charge in [-0.1, -0.05) is 62.4 Å². The van der Waals surface area contributed by atoms with Gasteiger partial charge in [-0.05, 0) is 81.0 Å². The number of carbonyl (C=O) groups excluding carboxylic acids is 4. The van der Waals surface area contributed by atoms with Crippen LogP contribution in [-0.4, -0.2) is 68.0 Å². The molecule has 0 spiro atoms. The first-order chi connectivity index (χ1) is 22.6. The summed E-state index contributed by atoms with van der Waals surface area (Å²) in [5.74, 6) is -0.392. The van der Waals surface area contributed by atoms with Gasteiger partial charge in [-0.2, -0.15) is 0 Å². The van der Waals surface area contributed by atoms with E-state index in [-0.39, 0.29) is 35.6 Å². The molecular formula is C37H49N5O5. The average Bonchev–Trinajstić information content (AvgIpc) is 3.07. The highest BCUT2D eigenvalue weighted by molar-refractivity contribution is 5.99. The quantitative estimate of drug-likeness (QED) is 0.144. The van der Waals surface area contributed by atoms with Gasteiger partial charge < -0.3 is 31.3 Å². The summed E-state index contributed by atoms with van der Waals surface area (Å²) in [5, 5.41) is 14.8. The van der Waals surface area contributed by atoms with E-state index in [4.69, 9.17) is 4.74 Å². The zero-order valence-electron chi connectivity index (χ0n) is 28.1. The lowest BCUT2D eigenvalue weighted by Gasteiger charge is -2.25. The Labute approximate surface area is 278 Å². The predicted octanol–water partition coefficient (Wildman–Crippen LogP) is 3.65. The molecule has 0 saturated carbocycles. The maximum absolute atomic E-state index is 13.4. The topological polar surface area (TPSA) is 138 Å². The van der Waals surface area contributed by atoms with E-state index in [0.29, 0.717) is 50.2 Å². The molecule has 252 valence electrons. The largest absolute Gasteiger partial charge is 0.494 e. The Hall–Kier alpha value is -4.70. The van der Waals surface area contributed by atoms with Crippen LogP contribution >= 0.6 is 0 Å². The zero-order valence-corrected chi connectivity index (χ0v) is 28.1. The number of rotatable bonds is 18. The lowest BCUT2D eigenvalue weighted by atomic mass is 10.0. The third-order valence-electron chi connectivity index (χ3n) is 7.64. The summed E-state index contributed by atoms with van der Waals surface area (Å²) >= 11 is 0. The Balaban J connectivity index is 1.61. The van der Waals surface area contributed by atoms with Crippen LogP contribution in [0.3, 0.4) is 0 Å². The Morgan fingerprint density at radius 3 is 2.04 bits per heavy atom. The monoisotopic (exact) mass is 643 g/mol. The van der Waals surface area contributed by atoms with E-state index in [1.54, 1.807) is 31.2 Å². The highest BCUT2D eigenvalue weighted by Crippen LogP contribution is 2.13. The molecule has 4 amide bonds. The maximum atomic E-state index is 13.4. The van der Waals surface area contributed by atoms with Crippen molar-refractivity contribution in [2.75, 3.05) is 26.2 Å². The summed E-state index contributed by atoms with van der Waals surface area (Å²) in [5.41, 5.74) is 2.84. The predicted molar refractivity (Wildman–Crippen MR) is 184 cm³/mol. The highest BCUT2D eigenvalue weighted by atomic mass is 16.5. The smallest absolute Gasteiger partial charge is 0.251 e. The van der Waals surface area contributed by atoms with Gasteiger partial charge in [0.15, 0.2) is 0 Å². The van der Waals surface area contributed by atoms with Crippen LogP contribution in [0.5, 0.6) is 5.75 Å². The summed E-state index contributed by atoms with van der Waals surface area (Å²) in [7, 11) is 0. The van der Waals surface area contributed by atoms with Crippen LogP contribution in [0.15, 0.2) is 78.9 Å². The van der Waals surface area contributed by atoms with Crippen LogP contribution in [0, 0.1) is 5.92 Å². The molecule has 3 rings (SSSR count). The molecule has 3 aromatic rings. The number of amides is 4. The minimum Gasteiger partial charge on any atom is -0.494 e. The Morgan fingerprint density at radius 2 is 1.40 bits per heavy atom. The first kappa shape index (κ1) is 36.8. The molecule has 10 nitrogen and oxygen atoms in total. The summed E-state index contributed by atoms with van der Waals surface area (Å²) in [4.78, 5) is 51.8.